The summed E-state index contributed by atoms with van der Waals surface area (Å²) in [4.78, 5) is 105. The van der Waals surface area contributed by atoms with Crippen molar-refractivity contribution < 1.29 is 119 Å². The van der Waals surface area contributed by atoms with Crippen LogP contribution in [0, 0.1) is 41.6 Å². The van der Waals surface area contributed by atoms with E-state index in [2.05, 4.69) is 143 Å². The van der Waals surface area contributed by atoms with Crippen molar-refractivity contribution in [2.75, 3.05) is 94.8 Å². The fraction of sp³-hybridized carbons (Fsp3) is 0.777. The number of terminal acetylenes is 1. The van der Waals surface area contributed by atoms with Crippen molar-refractivity contribution in [1.29, 1.82) is 10.5 Å². The van der Waals surface area contributed by atoms with E-state index in [1.165, 1.54) is 45.9 Å². The molecule has 0 radical (unpaired) electrons. The van der Waals surface area contributed by atoms with E-state index < -0.39 is 160 Å². The van der Waals surface area contributed by atoms with Crippen molar-refractivity contribution in [3.05, 3.63) is 79.7 Å². The Balaban J connectivity index is 0.000000941. The molecule has 3 aromatic rings. The molecular formula is C94H165N15O28P4. The lowest BCUT2D eigenvalue weighted by molar-refractivity contribution is -0.0458. The van der Waals surface area contributed by atoms with Crippen molar-refractivity contribution in [3.8, 4) is 24.5 Å². The highest BCUT2D eigenvalue weighted by Gasteiger charge is 2.44. The fourth-order valence-corrected chi connectivity index (χ4v) is 18.8. The molecular weight excluding hydrogens is 1910 g/mol. The van der Waals surface area contributed by atoms with Gasteiger partial charge in [0.2, 0.25) is 6.54 Å². The second-order valence-electron chi connectivity index (χ2n) is 37.9. The van der Waals surface area contributed by atoms with E-state index >= 15 is 0 Å². The SMILES string of the molecule is C#CCCOP(OCCCC)N(C(C)C)C(C)C.CC(C)(C)OC(=O)N(C(=O)OC(C)(C)C)c1ccn([C@H]2C[C@H](O)[C@@H](CO)O2)c(=O)n1.CC(C)N(C(C)C)P(OCCC#N)N(C(C)C)C(C)C.CCCCO.Nc1ccn([C@H]2C[C@H](O)[C@@H](CO)O2)c(=O)n1.[C-]#[N+]CCOP(OCCCC)OC[C@H]1O[C@@H](n2ccc(N(C(=O)OC(C)(C)C)C(=O)OC(C)(C)C)nc2=O)C[C@@H]1OP(OCCC#N)OCCCC. The van der Waals surface area contributed by atoms with Gasteiger partial charge in [0.25, 0.3) is 8.53 Å². The van der Waals surface area contributed by atoms with E-state index in [0.29, 0.717) is 91.9 Å². The molecule has 43 nitrogen and oxygen atoms in total. The van der Waals surface area contributed by atoms with Crippen LogP contribution >= 0.6 is 34.2 Å². The van der Waals surface area contributed by atoms with Crippen LogP contribution in [0.25, 0.3) is 4.85 Å². The third-order valence-corrected chi connectivity index (χ3v) is 26.3. The Hall–Kier alpha value is -7.13. The normalized spacial score (nSPS) is 18.7. The number of aromatic nitrogens is 6. The number of aliphatic hydroxyl groups excluding tert-OH is 5. The maximum absolute atomic E-state index is 13.5. The quantitative estimate of drug-likeness (QED) is 0.0101. The van der Waals surface area contributed by atoms with Crippen molar-refractivity contribution in [3.63, 3.8) is 0 Å². The summed E-state index contributed by atoms with van der Waals surface area (Å²) < 4.78 is 102. The lowest BCUT2D eigenvalue weighted by atomic mass is 10.2. The zero-order chi connectivity index (χ0) is 107. The van der Waals surface area contributed by atoms with Gasteiger partial charge in [0.15, 0.2) is 20.1 Å². The highest BCUT2D eigenvalue weighted by atomic mass is 31.2. The summed E-state index contributed by atoms with van der Waals surface area (Å²) in [7, 11) is -5.57. The van der Waals surface area contributed by atoms with Crippen molar-refractivity contribution >= 4 is 76.0 Å². The number of rotatable bonds is 47. The first-order valence-corrected chi connectivity index (χ1v) is 52.6. The molecule has 47 heteroatoms. The molecule has 804 valence electrons. The van der Waals surface area contributed by atoms with Gasteiger partial charge in [-0.1, -0.05) is 53.4 Å². The zero-order valence-corrected chi connectivity index (χ0v) is 91.9. The molecule has 6 rings (SSSR count). The van der Waals surface area contributed by atoms with E-state index in [4.69, 9.17) is 113 Å². The Morgan fingerprint density at radius 3 is 1.16 bits per heavy atom. The molecule has 3 aromatic heterocycles. The Morgan fingerprint density at radius 1 is 0.489 bits per heavy atom. The lowest BCUT2D eigenvalue weighted by Gasteiger charge is -2.45. The van der Waals surface area contributed by atoms with E-state index in [-0.39, 0.29) is 76.1 Å². The van der Waals surface area contributed by atoms with Crippen LogP contribution in [0.5, 0.6) is 0 Å². The minimum atomic E-state index is -1.91. The number of anilines is 3. The summed E-state index contributed by atoms with van der Waals surface area (Å²) in [6, 6.07) is 10.7. The lowest BCUT2D eigenvalue weighted by Crippen LogP contribution is -2.45. The molecule has 0 aromatic carbocycles. The van der Waals surface area contributed by atoms with Gasteiger partial charge in [-0.3, -0.25) is 13.7 Å². The van der Waals surface area contributed by atoms with Crippen LogP contribution in [0.4, 0.5) is 36.6 Å². The van der Waals surface area contributed by atoms with Gasteiger partial charge in [-0.2, -0.15) is 35.3 Å². The van der Waals surface area contributed by atoms with Crippen LogP contribution in [-0.2, 0) is 73.9 Å². The summed E-state index contributed by atoms with van der Waals surface area (Å²) in [6.07, 6.45) is 7.29. The molecule has 141 heavy (non-hydrogen) atoms. The summed E-state index contributed by atoms with van der Waals surface area (Å²) in [6.45, 7) is 63.8. The predicted molar refractivity (Wildman–Crippen MR) is 540 cm³/mol. The number of carbonyl (C=O) groups excluding carboxylic acids is 4. The van der Waals surface area contributed by atoms with Crippen LogP contribution in [0.3, 0.4) is 0 Å². The third-order valence-electron chi connectivity index (χ3n) is 18.7. The summed E-state index contributed by atoms with van der Waals surface area (Å²) >= 11 is 0. The number of nitrogen functional groups attached to an aromatic ring is 1. The first-order chi connectivity index (χ1) is 66.1. The molecule has 3 unspecified atom stereocenters. The molecule has 0 aliphatic carbocycles. The van der Waals surface area contributed by atoms with E-state index in [0.717, 1.165) is 62.5 Å². The van der Waals surface area contributed by atoms with Crippen molar-refractivity contribution in [1.82, 2.24) is 42.7 Å². The maximum Gasteiger partial charge on any atom is 0.425 e. The van der Waals surface area contributed by atoms with Gasteiger partial charge in [-0.15, -0.1) is 12.3 Å². The molecule has 4 amide bonds. The van der Waals surface area contributed by atoms with Crippen LogP contribution in [0.2, 0.25) is 0 Å². The fourth-order valence-electron chi connectivity index (χ4n) is 12.7. The van der Waals surface area contributed by atoms with E-state index in [1.54, 1.807) is 83.1 Å². The Morgan fingerprint density at radius 2 is 0.830 bits per heavy atom. The second kappa shape index (κ2) is 69.1. The molecule has 6 heterocycles. The number of amides is 4. The van der Waals surface area contributed by atoms with Gasteiger partial charge >= 0.3 is 58.6 Å². The molecule has 3 saturated heterocycles. The zero-order valence-electron chi connectivity index (χ0n) is 88.3. The van der Waals surface area contributed by atoms with Gasteiger partial charge in [0, 0.05) is 87.1 Å². The van der Waals surface area contributed by atoms with Gasteiger partial charge < -0.3 is 110 Å². The second-order valence-corrected chi connectivity index (χ2v) is 43.4. The molecule has 0 spiro atoms. The number of aliphatic hydroxyl groups is 5. The first-order valence-electron chi connectivity index (χ1n) is 48.1. The third kappa shape index (κ3) is 51.7. The standard InChI is InChI=1S/C33H53N5O12P2.C19H29N3O8.C15H32N3OP.C14H28NO2P.C9H13N3O4.C4H10O/c1-10-12-19-42-51(45-22-17-35-9)46-24-26-25(50-52(43-20-13-11-2)44-21-14-16-34)23-28(47-26)37-18-15-27(36-29(37)39)38(30(40)48-32(3,4)5)31(41)49-33(6,7)8;1-18(2,3)29-16(26)22(17(27)30-19(4,5)6)13-7-8-21(15(25)20-13)14-9-11(24)12(10-23)28-14;1-12(2)17(13(3)4)20(19-11-9-10-16)18(14(5)6)15(7)8;1-7-9-11-16-18(17-12-10-8-2)15(13(3)4)14(5)6;10-7-1-2-12(9(15)11-7)8-3-5(14)6(4-13)16-8;1-2-3-4-5/h15,18,25-26,28H,10-14,17,19-24H2,1-8H3;7-8,11-12,14,23-24H,9-10H2,1-6H3;12-15H,9,11H2,1-8H3;1,13-14H,8-12H2,2-6H3;1-2,5-6,8,13-14H,3-4H2,(H2,10,11,15);5H,2-4H2,1H3/t25-,26+,28+,51?,52?;11-,12+,14+;;;5-,6+,8+;/m00..0./s1. The maximum atomic E-state index is 13.5. The molecule has 3 fully saturated rings. The van der Waals surface area contributed by atoms with Crippen LogP contribution in [0.1, 0.15) is 302 Å². The minimum Gasteiger partial charge on any atom is -0.443 e. The highest BCUT2D eigenvalue weighted by molar-refractivity contribution is 7.47. The number of unbranched alkanes of at least 4 members (excludes halogenated alkanes) is 4. The topological polar surface area (TPSA) is 516 Å². The largest absolute Gasteiger partial charge is 0.443 e. The Labute approximate surface area is 840 Å². The Bertz CT molecular complexity index is 4310. The number of hydrogen-bond donors (Lipinski definition) is 6. The van der Waals surface area contributed by atoms with Gasteiger partial charge in [-0.05, 0) is 210 Å². The molecule has 0 saturated carbocycles. The van der Waals surface area contributed by atoms with Crippen LogP contribution in [0.15, 0.2) is 51.2 Å². The number of ether oxygens (including phenoxy) is 7. The number of hydrogen-bond acceptors (Lipinski definition) is 37. The summed E-state index contributed by atoms with van der Waals surface area (Å²) in [5.74, 6) is 2.15. The summed E-state index contributed by atoms with van der Waals surface area (Å²) in [5, 5.41) is 63.3. The smallest absolute Gasteiger partial charge is 0.425 e. The van der Waals surface area contributed by atoms with E-state index in [9.17, 15) is 48.9 Å². The average molecular weight is 2080 g/mol. The number of carbonyl (C=O) groups is 4. The Kier molecular flexibility index (Phi) is 64.6. The number of nitrogens with zero attached hydrogens (tertiary/aromatic N) is 14. The van der Waals surface area contributed by atoms with Gasteiger partial charge in [-0.25, -0.2) is 54.1 Å². The highest BCUT2D eigenvalue weighted by Crippen LogP contribution is 2.52. The minimum absolute atomic E-state index is 0.0708. The molecule has 3 aliphatic heterocycles. The summed E-state index contributed by atoms with van der Waals surface area (Å²) in [5.41, 5.74) is -0.561. The monoisotopic (exact) mass is 2080 g/mol. The first kappa shape index (κ1) is 132. The van der Waals surface area contributed by atoms with E-state index in [1.807, 2.05) is 19.9 Å². The molecule has 0 bridgehead atoms. The molecule has 12 atom stereocenters. The van der Waals surface area contributed by atoms with Crippen molar-refractivity contribution in [2.24, 2.45) is 0 Å². The number of nitriles is 2. The molecule has 7 N–H and O–H groups in total. The number of nitrogens with two attached hydrogens (primary N) is 1. The average Bonchev–Trinajstić information content (AvgIpc) is 1.75. The van der Waals surface area contributed by atoms with Gasteiger partial charge in [0.1, 0.15) is 71.8 Å². The predicted octanol–water partition coefficient (Wildman–Crippen LogP) is 16.9. The molecule has 3 aliphatic rings. The van der Waals surface area contributed by atoms with Crippen LogP contribution in [-0.4, -0.2) is 267 Å². The van der Waals surface area contributed by atoms with Gasteiger partial charge in [0.05, 0.1) is 103 Å². The van der Waals surface area contributed by atoms with Crippen molar-refractivity contribution in [2.45, 2.75) is 398 Å². The number of imide groups is 2. The van der Waals surface area contributed by atoms with Crippen LogP contribution < -0.4 is 32.6 Å².